The summed E-state index contributed by atoms with van der Waals surface area (Å²) in [6, 6.07) is 2.27. The average Bonchev–Trinajstić information content (AvgIpc) is 2.12. The minimum Gasteiger partial charge on any atom is -0.506 e. The summed E-state index contributed by atoms with van der Waals surface area (Å²) >= 11 is 5.77. The molecule has 5 N–H and O–H groups in total. The van der Waals surface area contributed by atoms with Gasteiger partial charge in [-0.15, -0.1) is 0 Å². The third-order valence-corrected chi connectivity index (χ3v) is 2.11. The maximum absolute atomic E-state index is 11.4. The van der Waals surface area contributed by atoms with Gasteiger partial charge in [0, 0.05) is 12.1 Å². The second-order valence-electron chi connectivity index (χ2n) is 3.64. The number of amides is 2. The van der Waals surface area contributed by atoms with E-state index in [2.05, 4.69) is 10.6 Å². The van der Waals surface area contributed by atoms with Crippen LogP contribution in [-0.4, -0.2) is 17.2 Å². The summed E-state index contributed by atoms with van der Waals surface area (Å²) in [4.78, 5) is 11.4. The van der Waals surface area contributed by atoms with Crippen LogP contribution in [0.5, 0.6) is 5.75 Å². The second kappa shape index (κ2) is 4.94. The summed E-state index contributed by atoms with van der Waals surface area (Å²) < 4.78 is 0. The number of aromatic hydroxyl groups is 1. The van der Waals surface area contributed by atoms with Crippen molar-refractivity contribution in [1.29, 1.82) is 0 Å². The largest absolute Gasteiger partial charge is 0.506 e. The summed E-state index contributed by atoms with van der Waals surface area (Å²) in [7, 11) is 0. The second-order valence-corrected chi connectivity index (χ2v) is 4.05. The first-order valence-corrected chi connectivity index (χ1v) is 5.13. The molecule has 0 aliphatic heterocycles. The van der Waals surface area contributed by atoms with Crippen molar-refractivity contribution in [2.45, 2.75) is 19.9 Å². The highest BCUT2D eigenvalue weighted by molar-refractivity contribution is 6.33. The molecule has 1 aromatic carbocycles. The Kier molecular flexibility index (Phi) is 3.84. The van der Waals surface area contributed by atoms with Crippen molar-refractivity contribution in [3.63, 3.8) is 0 Å². The van der Waals surface area contributed by atoms with Crippen molar-refractivity contribution in [3.05, 3.63) is 17.2 Å². The SMILES string of the molecule is CC(C)NC(=O)Nc1cc(Cl)c(N)cc1O. The van der Waals surface area contributed by atoms with E-state index in [1.807, 2.05) is 13.8 Å². The van der Waals surface area contributed by atoms with E-state index in [1.54, 1.807) is 0 Å². The molecule has 0 saturated carbocycles. The van der Waals surface area contributed by atoms with Crippen LogP contribution in [0.4, 0.5) is 16.2 Å². The van der Waals surface area contributed by atoms with Crippen molar-refractivity contribution >= 4 is 29.0 Å². The van der Waals surface area contributed by atoms with Crippen molar-refractivity contribution in [2.75, 3.05) is 11.1 Å². The predicted octanol–water partition coefficient (Wildman–Crippen LogP) is 2.16. The summed E-state index contributed by atoms with van der Waals surface area (Å²) in [5.74, 6) is -0.124. The first kappa shape index (κ1) is 12.4. The van der Waals surface area contributed by atoms with Gasteiger partial charge in [0.05, 0.1) is 16.4 Å². The molecule has 0 atom stereocenters. The number of phenols is 1. The highest BCUT2D eigenvalue weighted by Crippen LogP contribution is 2.31. The number of urea groups is 1. The Morgan fingerprint density at radius 3 is 2.69 bits per heavy atom. The van der Waals surface area contributed by atoms with E-state index >= 15 is 0 Å². The van der Waals surface area contributed by atoms with Crippen LogP contribution in [0.15, 0.2) is 12.1 Å². The number of phenolic OH excluding ortho intramolecular Hbond substituents is 1. The number of rotatable bonds is 2. The maximum atomic E-state index is 11.4. The fourth-order valence-electron chi connectivity index (χ4n) is 1.10. The molecule has 0 radical (unpaired) electrons. The monoisotopic (exact) mass is 243 g/mol. The molecule has 6 heteroatoms. The first-order chi connectivity index (χ1) is 7.40. The highest BCUT2D eigenvalue weighted by Gasteiger charge is 2.09. The number of hydrogen-bond acceptors (Lipinski definition) is 3. The average molecular weight is 244 g/mol. The van der Waals surface area contributed by atoms with E-state index < -0.39 is 6.03 Å². The van der Waals surface area contributed by atoms with Gasteiger partial charge in [0.25, 0.3) is 0 Å². The summed E-state index contributed by atoms with van der Waals surface area (Å²) in [6.07, 6.45) is 0. The first-order valence-electron chi connectivity index (χ1n) is 4.75. The van der Waals surface area contributed by atoms with Crippen molar-refractivity contribution in [3.8, 4) is 5.75 Å². The molecule has 5 nitrogen and oxygen atoms in total. The topological polar surface area (TPSA) is 87.4 Å². The zero-order valence-electron chi connectivity index (χ0n) is 9.04. The molecule has 88 valence electrons. The predicted molar refractivity (Wildman–Crippen MR) is 64.8 cm³/mol. The lowest BCUT2D eigenvalue weighted by atomic mass is 10.2. The number of nitrogens with one attached hydrogen (secondary N) is 2. The molecular formula is C10H14ClN3O2. The third-order valence-electron chi connectivity index (χ3n) is 1.78. The van der Waals surface area contributed by atoms with Crippen molar-refractivity contribution in [1.82, 2.24) is 5.32 Å². The minimum atomic E-state index is -0.411. The smallest absolute Gasteiger partial charge is 0.319 e. The Morgan fingerprint density at radius 2 is 2.12 bits per heavy atom. The number of nitrogens with two attached hydrogens (primary N) is 1. The number of benzene rings is 1. The van der Waals surface area contributed by atoms with Crippen LogP contribution in [0.3, 0.4) is 0 Å². The Balaban J connectivity index is 2.81. The highest BCUT2D eigenvalue weighted by atomic mass is 35.5. The van der Waals surface area contributed by atoms with Gasteiger partial charge in [-0.25, -0.2) is 4.79 Å². The van der Waals surface area contributed by atoms with Gasteiger partial charge in [0.15, 0.2) is 0 Å². The van der Waals surface area contributed by atoms with Gasteiger partial charge < -0.3 is 21.5 Å². The van der Waals surface area contributed by atoms with Crippen LogP contribution in [0.25, 0.3) is 0 Å². The molecule has 0 heterocycles. The van der Waals surface area contributed by atoms with Crippen LogP contribution < -0.4 is 16.4 Å². The molecule has 1 rings (SSSR count). The molecule has 0 fully saturated rings. The summed E-state index contributed by atoms with van der Waals surface area (Å²) in [5, 5.41) is 14.9. The van der Waals surface area contributed by atoms with Gasteiger partial charge in [-0.05, 0) is 19.9 Å². The fourth-order valence-corrected chi connectivity index (χ4v) is 1.26. The number of halogens is 1. The number of carbonyl (C=O) groups excluding carboxylic acids is 1. The summed E-state index contributed by atoms with van der Waals surface area (Å²) in [5.41, 5.74) is 5.96. The summed E-state index contributed by atoms with van der Waals surface area (Å²) in [6.45, 7) is 3.66. The molecule has 0 aliphatic carbocycles. The maximum Gasteiger partial charge on any atom is 0.319 e. The Labute approximate surface area is 98.6 Å². The molecule has 16 heavy (non-hydrogen) atoms. The van der Waals surface area contributed by atoms with Crippen LogP contribution in [0.2, 0.25) is 5.02 Å². The molecule has 0 bridgehead atoms. The van der Waals surface area contributed by atoms with Crippen LogP contribution in [-0.2, 0) is 0 Å². The Bertz CT molecular complexity index is 407. The lowest BCUT2D eigenvalue weighted by Crippen LogP contribution is -2.34. The lowest BCUT2D eigenvalue weighted by Gasteiger charge is -2.12. The molecular weight excluding hydrogens is 230 g/mol. The standard InChI is InChI=1S/C10H14ClN3O2/c1-5(2)13-10(16)14-8-3-6(11)7(12)4-9(8)15/h3-5,15H,12H2,1-2H3,(H2,13,14,16). The Morgan fingerprint density at radius 1 is 1.50 bits per heavy atom. The molecule has 1 aromatic rings. The number of carbonyl (C=O) groups is 1. The van der Waals surface area contributed by atoms with E-state index in [0.29, 0.717) is 0 Å². The molecule has 0 saturated heterocycles. The van der Waals surface area contributed by atoms with Gasteiger partial charge in [-0.3, -0.25) is 0 Å². The van der Waals surface area contributed by atoms with Crippen LogP contribution >= 0.6 is 11.6 Å². The van der Waals surface area contributed by atoms with Gasteiger partial charge >= 0.3 is 6.03 Å². The molecule has 2 amide bonds. The molecule has 0 aliphatic rings. The Hall–Kier alpha value is -1.62. The van der Waals surface area contributed by atoms with Gasteiger partial charge in [-0.2, -0.15) is 0 Å². The van der Waals surface area contributed by atoms with Gasteiger partial charge in [0.1, 0.15) is 5.75 Å². The fraction of sp³-hybridized carbons (Fsp3) is 0.300. The molecule has 0 spiro atoms. The number of nitrogen functional groups attached to an aromatic ring is 1. The molecule has 0 aromatic heterocycles. The van der Waals surface area contributed by atoms with Gasteiger partial charge in [-0.1, -0.05) is 11.6 Å². The number of hydrogen-bond donors (Lipinski definition) is 4. The zero-order chi connectivity index (χ0) is 12.3. The number of anilines is 2. The lowest BCUT2D eigenvalue weighted by molar-refractivity contribution is 0.250. The minimum absolute atomic E-state index is 0.00592. The molecule has 0 unspecified atom stereocenters. The van der Waals surface area contributed by atoms with Gasteiger partial charge in [0.2, 0.25) is 0 Å². The van der Waals surface area contributed by atoms with E-state index in [1.165, 1.54) is 12.1 Å². The van der Waals surface area contributed by atoms with Crippen LogP contribution in [0.1, 0.15) is 13.8 Å². The zero-order valence-corrected chi connectivity index (χ0v) is 9.80. The van der Waals surface area contributed by atoms with E-state index in [4.69, 9.17) is 17.3 Å². The quantitative estimate of drug-likeness (QED) is 0.474. The van der Waals surface area contributed by atoms with E-state index in [-0.39, 0.29) is 28.2 Å². The van der Waals surface area contributed by atoms with Crippen molar-refractivity contribution in [2.24, 2.45) is 0 Å². The normalized spacial score (nSPS) is 10.2. The van der Waals surface area contributed by atoms with Crippen molar-refractivity contribution < 1.29 is 9.90 Å². The van der Waals surface area contributed by atoms with E-state index in [9.17, 15) is 9.90 Å². The third kappa shape index (κ3) is 3.20. The van der Waals surface area contributed by atoms with E-state index in [0.717, 1.165) is 0 Å². The van der Waals surface area contributed by atoms with Crippen LogP contribution in [0, 0.1) is 0 Å².